The van der Waals surface area contributed by atoms with Gasteiger partial charge in [-0.05, 0) is 30.3 Å². The lowest BCUT2D eigenvalue weighted by Gasteiger charge is -2.41. The molecule has 0 bridgehead atoms. The number of hydrogen-bond donors (Lipinski definition) is 3. The minimum absolute atomic E-state index is 0.0239. The van der Waals surface area contributed by atoms with Crippen molar-refractivity contribution in [1.82, 2.24) is 15.0 Å². The van der Waals surface area contributed by atoms with E-state index in [9.17, 15) is 28.5 Å². The zero-order valence-corrected chi connectivity index (χ0v) is 18.8. The van der Waals surface area contributed by atoms with Gasteiger partial charge in [-0.25, -0.2) is 17.9 Å². The van der Waals surface area contributed by atoms with Crippen LogP contribution in [0.5, 0.6) is 0 Å². The molecule has 0 spiro atoms. The number of aliphatic hydroxyl groups excluding tert-OH is 3. The van der Waals surface area contributed by atoms with Crippen molar-refractivity contribution >= 4 is 35.0 Å². The second-order valence-electron chi connectivity index (χ2n) is 7.23. The Morgan fingerprint density at radius 2 is 1.76 bits per heavy atom. The van der Waals surface area contributed by atoms with E-state index in [1.165, 1.54) is 12.3 Å². The topological polar surface area (TPSA) is 101 Å². The lowest BCUT2D eigenvalue weighted by atomic mass is 9.97. The number of aliphatic hydroxyl groups is 3. The normalized spacial score (nSPS) is 25.4. The van der Waals surface area contributed by atoms with Gasteiger partial charge in [0.15, 0.2) is 17.5 Å². The van der Waals surface area contributed by atoms with Crippen LogP contribution < -0.4 is 0 Å². The Kier molecular flexibility index (Phi) is 7.20. The Bertz CT molecular complexity index is 1150. The molecule has 1 aromatic heterocycles. The molecule has 7 nitrogen and oxygen atoms in total. The van der Waals surface area contributed by atoms with Gasteiger partial charge in [-0.3, -0.25) is 0 Å². The highest BCUT2D eigenvalue weighted by Gasteiger charge is 2.46. The maximum Gasteiger partial charge on any atom is 0.194 e. The van der Waals surface area contributed by atoms with Gasteiger partial charge in [0.05, 0.1) is 17.8 Å². The molecule has 5 atom stereocenters. The van der Waals surface area contributed by atoms with E-state index in [0.717, 1.165) is 28.6 Å². The van der Waals surface area contributed by atoms with Gasteiger partial charge in [-0.2, -0.15) is 0 Å². The van der Waals surface area contributed by atoms with Crippen LogP contribution in [0.3, 0.4) is 0 Å². The molecule has 0 aliphatic carbocycles. The molecule has 1 aliphatic rings. The third-order valence-electron chi connectivity index (χ3n) is 5.08. The first kappa shape index (κ1) is 24.3. The molecule has 3 N–H and O–H groups in total. The van der Waals surface area contributed by atoms with Gasteiger partial charge < -0.3 is 20.1 Å². The molecule has 1 saturated heterocycles. The van der Waals surface area contributed by atoms with Crippen molar-refractivity contribution in [3.63, 3.8) is 0 Å². The van der Waals surface area contributed by atoms with Crippen molar-refractivity contribution in [3.8, 4) is 11.3 Å². The van der Waals surface area contributed by atoms with E-state index in [2.05, 4.69) is 10.3 Å². The Balaban J connectivity index is 1.64. The maximum atomic E-state index is 13.6. The van der Waals surface area contributed by atoms with Crippen LogP contribution in [0.2, 0.25) is 10.0 Å². The molecular weight excluding hydrogens is 506 g/mol. The molecule has 13 heteroatoms. The van der Waals surface area contributed by atoms with Gasteiger partial charge in [0.1, 0.15) is 35.5 Å². The molecule has 0 amide bonds. The van der Waals surface area contributed by atoms with E-state index in [1.807, 2.05) is 0 Å². The average molecular weight is 522 g/mol. The van der Waals surface area contributed by atoms with Gasteiger partial charge in [0.25, 0.3) is 0 Å². The highest BCUT2D eigenvalue weighted by molar-refractivity contribution is 8.00. The number of rotatable bonds is 5. The van der Waals surface area contributed by atoms with Crippen LogP contribution in [0.15, 0.2) is 41.4 Å². The number of halogens is 5. The molecule has 2 aromatic carbocycles. The maximum absolute atomic E-state index is 13.6. The minimum Gasteiger partial charge on any atom is -0.394 e. The van der Waals surface area contributed by atoms with Crippen LogP contribution in [-0.2, 0) is 4.74 Å². The second kappa shape index (κ2) is 9.79. The molecule has 1 fully saturated rings. The predicted molar refractivity (Wildman–Crippen MR) is 114 cm³/mol. The highest BCUT2D eigenvalue weighted by Crippen LogP contribution is 2.40. The van der Waals surface area contributed by atoms with E-state index >= 15 is 0 Å². The summed E-state index contributed by atoms with van der Waals surface area (Å²) in [6.45, 7) is -0.564. The molecule has 176 valence electrons. The van der Waals surface area contributed by atoms with Crippen LogP contribution in [0.1, 0.15) is 6.04 Å². The number of aromatic nitrogens is 3. The highest BCUT2D eigenvalue weighted by atomic mass is 35.5. The third kappa shape index (κ3) is 4.85. The molecule has 2 unspecified atom stereocenters. The zero-order valence-electron chi connectivity index (χ0n) is 16.4. The van der Waals surface area contributed by atoms with Crippen LogP contribution in [0.25, 0.3) is 11.3 Å². The summed E-state index contributed by atoms with van der Waals surface area (Å²) in [5.74, 6) is -4.42. The summed E-state index contributed by atoms with van der Waals surface area (Å²) in [6, 6.07) is 5.11. The molecule has 1 aliphatic heterocycles. The minimum atomic E-state index is -1.62. The summed E-state index contributed by atoms with van der Waals surface area (Å²) in [5.41, 5.74) is -1.10. The first-order valence-corrected chi connectivity index (χ1v) is 11.1. The van der Waals surface area contributed by atoms with Gasteiger partial charge >= 0.3 is 0 Å². The van der Waals surface area contributed by atoms with Crippen molar-refractivity contribution in [2.45, 2.75) is 34.7 Å². The first-order chi connectivity index (χ1) is 15.7. The number of benzene rings is 2. The fourth-order valence-electron chi connectivity index (χ4n) is 3.43. The van der Waals surface area contributed by atoms with Crippen LogP contribution >= 0.6 is 35.0 Å². The molecule has 2 heterocycles. The third-order valence-corrected chi connectivity index (χ3v) is 6.97. The number of hydrogen-bond acceptors (Lipinski definition) is 7. The summed E-state index contributed by atoms with van der Waals surface area (Å²) in [6.07, 6.45) is -2.62. The molecule has 33 heavy (non-hydrogen) atoms. The number of thioether (sulfide) groups is 1. The largest absolute Gasteiger partial charge is 0.394 e. The monoisotopic (exact) mass is 521 g/mol. The van der Waals surface area contributed by atoms with Crippen molar-refractivity contribution in [2.24, 2.45) is 0 Å². The van der Waals surface area contributed by atoms with Gasteiger partial charge in [0, 0.05) is 15.5 Å². The summed E-state index contributed by atoms with van der Waals surface area (Å²) in [5, 5.41) is 39.7. The van der Waals surface area contributed by atoms with E-state index in [-0.39, 0.29) is 11.3 Å². The van der Waals surface area contributed by atoms with E-state index in [1.54, 1.807) is 12.1 Å². The lowest BCUT2D eigenvalue weighted by Crippen LogP contribution is -2.55. The van der Waals surface area contributed by atoms with Crippen molar-refractivity contribution in [3.05, 3.63) is 64.0 Å². The Morgan fingerprint density at radius 3 is 2.39 bits per heavy atom. The number of nitrogens with zero attached hydrogens (tertiary/aromatic N) is 3. The predicted octanol–water partition coefficient (Wildman–Crippen LogP) is 3.44. The van der Waals surface area contributed by atoms with Gasteiger partial charge in [-0.1, -0.05) is 40.2 Å². The Morgan fingerprint density at radius 1 is 1.06 bits per heavy atom. The van der Waals surface area contributed by atoms with E-state index in [0.29, 0.717) is 14.9 Å². The lowest BCUT2D eigenvalue weighted by molar-refractivity contribution is -0.178. The smallest absolute Gasteiger partial charge is 0.194 e. The molecule has 0 radical (unpaired) electrons. The number of ether oxygens (including phenoxy) is 1. The Labute approximate surface area is 199 Å². The second-order valence-corrected chi connectivity index (χ2v) is 9.21. The summed E-state index contributed by atoms with van der Waals surface area (Å²) in [4.78, 5) is 0.536. The summed E-state index contributed by atoms with van der Waals surface area (Å²) < 4.78 is 47.2. The van der Waals surface area contributed by atoms with Gasteiger partial charge in [0.2, 0.25) is 0 Å². The first-order valence-electron chi connectivity index (χ1n) is 9.50. The summed E-state index contributed by atoms with van der Waals surface area (Å²) >= 11 is 13.2. The van der Waals surface area contributed by atoms with Crippen molar-refractivity contribution in [2.75, 3.05) is 6.61 Å². The van der Waals surface area contributed by atoms with Crippen LogP contribution in [0, 0.1) is 17.5 Å². The fourth-order valence-corrected chi connectivity index (χ4v) is 5.04. The Hall–Kier alpha value is -1.86. The van der Waals surface area contributed by atoms with E-state index < -0.39 is 53.8 Å². The van der Waals surface area contributed by atoms with Crippen LogP contribution in [-0.4, -0.2) is 60.7 Å². The quantitative estimate of drug-likeness (QED) is 0.442. The van der Waals surface area contributed by atoms with Gasteiger partial charge in [-0.15, -0.1) is 5.10 Å². The fraction of sp³-hybridized carbons (Fsp3) is 0.300. The van der Waals surface area contributed by atoms with E-state index in [4.69, 9.17) is 27.9 Å². The van der Waals surface area contributed by atoms with Crippen molar-refractivity contribution in [1.29, 1.82) is 0 Å². The van der Waals surface area contributed by atoms with Crippen molar-refractivity contribution < 1.29 is 33.2 Å². The summed E-state index contributed by atoms with van der Waals surface area (Å²) in [7, 11) is 0. The van der Waals surface area contributed by atoms with Crippen LogP contribution in [0.4, 0.5) is 13.2 Å². The SMILES string of the molecule is OCC1O[C@H](Sc2ccc(Cl)cc2Cl)C(O)[C@@H](n2cc(-c3cc(F)c(F)c(F)c3)nn2)[C@H]1O. The standard InChI is InChI=1S/C20H16Cl2F3N3O4S/c21-9-1-2-15(10(22)5-9)33-20-19(31)17(18(30)14(7-29)32-20)28-6-13(26-27-28)8-3-11(23)16(25)12(24)4-8/h1-6,14,17-20,29-31H,7H2/t14?,17-,18-,19?,20+/m0/s1. The molecule has 3 aromatic rings. The molecular formula is C20H16Cl2F3N3O4S. The molecule has 0 saturated carbocycles. The molecule has 4 rings (SSSR count). The average Bonchev–Trinajstić information content (AvgIpc) is 3.25. The zero-order chi connectivity index (χ0) is 23.9.